The summed E-state index contributed by atoms with van der Waals surface area (Å²) < 4.78 is 0. The molecule has 3 aromatic rings. The summed E-state index contributed by atoms with van der Waals surface area (Å²) in [6.07, 6.45) is 0.157. The summed E-state index contributed by atoms with van der Waals surface area (Å²) in [5.41, 5.74) is 3.91. The lowest BCUT2D eigenvalue weighted by Gasteiger charge is -2.12. The lowest BCUT2D eigenvalue weighted by Crippen LogP contribution is -2.28. The van der Waals surface area contributed by atoms with Crippen molar-refractivity contribution in [1.29, 1.82) is 0 Å². The van der Waals surface area contributed by atoms with Crippen LogP contribution in [-0.4, -0.2) is 23.3 Å². The van der Waals surface area contributed by atoms with Gasteiger partial charge < -0.3 is 10.6 Å². The largest absolute Gasteiger partial charge is 0.352 e. The lowest BCUT2D eigenvalue weighted by atomic mass is 10.1. The third kappa shape index (κ3) is 5.74. The molecule has 29 heavy (non-hydrogen) atoms. The van der Waals surface area contributed by atoms with E-state index in [2.05, 4.69) is 15.6 Å². The van der Waals surface area contributed by atoms with Gasteiger partial charge in [-0.25, -0.2) is 4.98 Å². The maximum atomic E-state index is 12.5. The number of carbonyl (C=O) groups excluding carboxylic acids is 2. The van der Waals surface area contributed by atoms with E-state index in [1.54, 1.807) is 24.3 Å². The van der Waals surface area contributed by atoms with Crippen LogP contribution in [0.25, 0.3) is 10.6 Å². The number of benzene rings is 2. The number of aromatic nitrogens is 1. The van der Waals surface area contributed by atoms with Gasteiger partial charge in [0.05, 0.1) is 23.4 Å². The maximum absolute atomic E-state index is 12.5. The molecule has 1 heterocycles. The molecule has 6 heteroatoms. The maximum Gasteiger partial charge on any atom is 0.253 e. The second kappa shape index (κ2) is 9.47. The minimum atomic E-state index is -0.199. The third-order valence-electron chi connectivity index (χ3n) is 4.31. The molecule has 0 saturated carbocycles. The highest BCUT2D eigenvalue weighted by atomic mass is 32.1. The molecule has 0 saturated heterocycles. The first-order valence-corrected chi connectivity index (χ1v) is 10.5. The predicted molar refractivity (Wildman–Crippen MR) is 118 cm³/mol. The van der Waals surface area contributed by atoms with E-state index in [0.29, 0.717) is 29.4 Å². The number of aryl methyl sites for hydroxylation is 1. The molecule has 5 nitrogen and oxygen atoms in total. The number of nitrogens with one attached hydrogen (secondary N) is 2. The fourth-order valence-corrected chi connectivity index (χ4v) is 3.58. The van der Waals surface area contributed by atoms with Crippen molar-refractivity contribution in [3.8, 4) is 10.6 Å². The topological polar surface area (TPSA) is 71.1 Å². The average Bonchev–Trinajstić information content (AvgIpc) is 3.15. The Bertz CT molecular complexity index is 993. The Morgan fingerprint density at radius 2 is 1.79 bits per heavy atom. The van der Waals surface area contributed by atoms with Gasteiger partial charge in [-0.1, -0.05) is 55.8 Å². The molecule has 0 atom stereocenters. The Balaban J connectivity index is 1.66. The summed E-state index contributed by atoms with van der Waals surface area (Å²) in [6.45, 7) is 6.70. The first-order valence-electron chi connectivity index (χ1n) is 9.61. The highest BCUT2D eigenvalue weighted by molar-refractivity contribution is 7.13. The molecule has 0 unspecified atom stereocenters. The van der Waals surface area contributed by atoms with Crippen LogP contribution in [0, 0.1) is 12.8 Å². The zero-order valence-electron chi connectivity index (χ0n) is 16.9. The molecule has 0 radical (unpaired) electrons. The molecule has 0 fully saturated rings. The number of thiazole rings is 1. The summed E-state index contributed by atoms with van der Waals surface area (Å²) in [5, 5.41) is 8.52. The smallest absolute Gasteiger partial charge is 0.253 e. The predicted octanol–water partition coefficient (Wildman–Crippen LogP) is 4.69. The Kier molecular flexibility index (Phi) is 6.77. The molecule has 0 aliphatic heterocycles. The number of anilines is 1. The van der Waals surface area contributed by atoms with E-state index in [-0.39, 0.29) is 18.2 Å². The first-order chi connectivity index (χ1) is 13.9. The second-order valence-corrected chi connectivity index (χ2v) is 8.24. The number of carbonyl (C=O) groups is 2. The number of rotatable bonds is 7. The molecule has 2 N–H and O–H groups in total. The van der Waals surface area contributed by atoms with E-state index in [9.17, 15) is 9.59 Å². The van der Waals surface area contributed by atoms with Crippen LogP contribution >= 0.6 is 11.3 Å². The molecule has 0 aliphatic rings. The minimum absolute atomic E-state index is 0.157. The molecule has 3 rings (SSSR count). The molecular formula is C23H25N3O2S. The lowest BCUT2D eigenvalue weighted by molar-refractivity contribution is -0.115. The fraction of sp³-hybridized carbons (Fsp3) is 0.261. The molecule has 0 aliphatic carbocycles. The quantitative estimate of drug-likeness (QED) is 0.597. The highest BCUT2D eigenvalue weighted by Gasteiger charge is 2.15. The normalized spacial score (nSPS) is 10.8. The van der Waals surface area contributed by atoms with Crippen molar-refractivity contribution in [2.45, 2.75) is 27.2 Å². The number of amides is 2. The van der Waals surface area contributed by atoms with Crippen LogP contribution < -0.4 is 10.6 Å². The van der Waals surface area contributed by atoms with E-state index in [1.807, 2.05) is 50.4 Å². The van der Waals surface area contributed by atoms with Crippen LogP contribution in [0.3, 0.4) is 0 Å². The average molecular weight is 408 g/mol. The van der Waals surface area contributed by atoms with Gasteiger partial charge in [-0.2, -0.15) is 0 Å². The van der Waals surface area contributed by atoms with E-state index in [0.717, 1.165) is 10.6 Å². The summed E-state index contributed by atoms with van der Waals surface area (Å²) in [4.78, 5) is 29.5. The van der Waals surface area contributed by atoms with Crippen molar-refractivity contribution >= 4 is 28.8 Å². The minimum Gasteiger partial charge on any atom is -0.352 e. The molecular weight excluding hydrogens is 382 g/mol. The van der Waals surface area contributed by atoms with Crippen LogP contribution in [0.4, 0.5) is 5.69 Å². The fourth-order valence-electron chi connectivity index (χ4n) is 2.76. The van der Waals surface area contributed by atoms with E-state index >= 15 is 0 Å². The van der Waals surface area contributed by atoms with Gasteiger partial charge in [0.1, 0.15) is 5.01 Å². The zero-order chi connectivity index (χ0) is 20.8. The zero-order valence-corrected chi connectivity index (χ0v) is 17.7. The van der Waals surface area contributed by atoms with Crippen LogP contribution in [0.5, 0.6) is 0 Å². The summed E-state index contributed by atoms with van der Waals surface area (Å²) >= 11 is 1.52. The summed E-state index contributed by atoms with van der Waals surface area (Å²) in [6, 6.07) is 15.2. The molecule has 150 valence electrons. The van der Waals surface area contributed by atoms with Crippen molar-refractivity contribution in [2.24, 2.45) is 5.92 Å². The van der Waals surface area contributed by atoms with Crippen molar-refractivity contribution in [2.75, 3.05) is 11.9 Å². The van der Waals surface area contributed by atoms with Gasteiger partial charge in [0.15, 0.2) is 0 Å². The van der Waals surface area contributed by atoms with Crippen molar-refractivity contribution in [3.63, 3.8) is 0 Å². The van der Waals surface area contributed by atoms with Gasteiger partial charge in [-0.05, 0) is 25.0 Å². The van der Waals surface area contributed by atoms with Gasteiger partial charge in [0, 0.05) is 17.5 Å². The number of nitrogens with zero attached hydrogens (tertiary/aromatic N) is 1. The Labute approximate surface area is 175 Å². The van der Waals surface area contributed by atoms with Crippen molar-refractivity contribution in [3.05, 3.63) is 70.7 Å². The van der Waals surface area contributed by atoms with Gasteiger partial charge in [0.25, 0.3) is 5.91 Å². The van der Waals surface area contributed by atoms with Gasteiger partial charge in [-0.15, -0.1) is 11.3 Å². The monoisotopic (exact) mass is 407 g/mol. The molecule has 1 aromatic heterocycles. The molecule has 0 spiro atoms. The van der Waals surface area contributed by atoms with Crippen LogP contribution in [0.15, 0.2) is 53.9 Å². The molecule has 2 aromatic carbocycles. The van der Waals surface area contributed by atoms with E-state index in [1.165, 1.54) is 16.9 Å². The van der Waals surface area contributed by atoms with Crippen molar-refractivity contribution in [1.82, 2.24) is 10.3 Å². The number of para-hydroxylation sites is 1. The van der Waals surface area contributed by atoms with Crippen LogP contribution in [-0.2, 0) is 11.2 Å². The number of hydrogen-bond donors (Lipinski definition) is 2. The molecule has 2 amide bonds. The van der Waals surface area contributed by atoms with Gasteiger partial charge in [-0.3, -0.25) is 9.59 Å². The van der Waals surface area contributed by atoms with Crippen LogP contribution in [0.2, 0.25) is 0 Å². The Morgan fingerprint density at radius 1 is 1.07 bits per heavy atom. The molecule has 0 bridgehead atoms. The summed E-state index contributed by atoms with van der Waals surface area (Å²) in [5.74, 6) is -0.0344. The second-order valence-electron chi connectivity index (χ2n) is 7.38. The number of hydrogen-bond acceptors (Lipinski definition) is 4. The first kappa shape index (κ1) is 20.7. The van der Waals surface area contributed by atoms with Gasteiger partial charge in [0.2, 0.25) is 5.91 Å². The standard InChI is InChI=1S/C23H25N3O2S/c1-15(2)13-24-22(28)19-6-4-5-7-20(19)26-21(27)12-18-14-29-23(25-18)17-10-8-16(3)9-11-17/h4-11,14-15H,12-13H2,1-3H3,(H,24,28)(H,26,27). The Morgan fingerprint density at radius 3 is 2.52 bits per heavy atom. The SMILES string of the molecule is Cc1ccc(-c2nc(CC(=O)Nc3ccccc3C(=O)NCC(C)C)cs2)cc1. The summed E-state index contributed by atoms with van der Waals surface area (Å²) in [7, 11) is 0. The van der Waals surface area contributed by atoms with E-state index < -0.39 is 0 Å². The third-order valence-corrected chi connectivity index (χ3v) is 5.25. The Hall–Kier alpha value is -2.99. The van der Waals surface area contributed by atoms with Gasteiger partial charge >= 0.3 is 0 Å². The highest BCUT2D eigenvalue weighted by Crippen LogP contribution is 2.24. The van der Waals surface area contributed by atoms with E-state index in [4.69, 9.17) is 0 Å². The van der Waals surface area contributed by atoms with Crippen molar-refractivity contribution < 1.29 is 9.59 Å². The van der Waals surface area contributed by atoms with Crippen LogP contribution in [0.1, 0.15) is 35.5 Å².